The molecule has 2 heterocycles. The highest BCUT2D eigenvalue weighted by Crippen LogP contribution is 2.27. The molecule has 0 aliphatic carbocycles. The van der Waals surface area contributed by atoms with Gasteiger partial charge in [-0.2, -0.15) is 0 Å². The monoisotopic (exact) mass is 269 g/mol. The molecule has 3 nitrogen and oxygen atoms in total. The van der Waals surface area contributed by atoms with Crippen molar-refractivity contribution in [2.45, 2.75) is 25.2 Å². The van der Waals surface area contributed by atoms with Crippen LogP contribution in [0, 0.1) is 0 Å². The molecule has 1 amide bonds. The van der Waals surface area contributed by atoms with Crippen molar-refractivity contribution < 1.29 is 9.21 Å². The van der Waals surface area contributed by atoms with Crippen molar-refractivity contribution in [3.8, 4) is 0 Å². The molecule has 1 fully saturated rings. The molecule has 1 unspecified atom stereocenters. The van der Waals surface area contributed by atoms with Crippen LogP contribution in [0.4, 0.5) is 0 Å². The van der Waals surface area contributed by atoms with Gasteiger partial charge in [0, 0.05) is 19.0 Å². The average Bonchev–Trinajstić information content (AvgIpc) is 2.92. The van der Waals surface area contributed by atoms with Crippen LogP contribution in [-0.2, 0) is 0 Å². The van der Waals surface area contributed by atoms with E-state index in [2.05, 4.69) is 24.3 Å². The number of carbonyl (C=O) groups is 1. The van der Waals surface area contributed by atoms with Crippen molar-refractivity contribution in [1.82, 2.24) is 4.90 Å². The van der Waals surface area contributed by atoms with Gasteiger partial charge in [-0.25, -0.2) is 0 Å². The Bertz CT molecular complexity index is 548. The third-order valence-electron chi connectivity index (χ3n) is 3.96. The quantitative estimate of drug-likeness (QED) is 0.833. The van der Waals surface area contributed by atoms with Gasteiger partial charge >= 0.3 is 0 Å². The fraction of sp³-hybridized carbons (Fsp3) is 0.353. The standard InChI is InChI=1S/C17H19NO2/c19-17(16-10-6-12-20-16)18-11-5-4-9-15(13-18)14-7-2-1-3-8-14/h1-3,6-8,10,12,15H,4-5,9,11,13H2. The van der Waals surface area contributed by atoms with Gasteiger partial charge in [-0.3, -0.25) is 4.79 Å². The number of nitrogens with zero attached hydrogens (tertiary/aromatic N) is 1. The van der Waals surface area contributed by atoms with E-state index in [1.807, 2.05) is 11.0 Å². The van der Waals surface area contributed by atoms with Crippen molar-refractivity contribution in [3.05, 3.63) is 60.1 Å². The highest BCUT2D eigenvalue weighted by Gasteiger charge is 2.25. The fourth-order valence-electron chi connectivity index (χ4n) is 2.88. The smallest absolute Gasteiger partial charge is 0.289 e. The molecule has 20 heavy (non-hydrogen) atoms. The molecule has 0 bridgehead atoms. The van der Waals surface area contributed by atoms with Gasteiger partial charge in [0.05, 0.1) is 6.26 Å². The zero-order valence-corrected chi connectivity index (χ0v) is 11.5. The van der Waals surface area contributed by atoms with Crippen molar-refractivity contribution in [2.75, 3.05) is 13.1 Å². The van der Waals surface area contributed by atoms with E-state index in [0.717, 1.165) is 25.9 Å². The summed E-state index contributed by atoms with van der Waals surface area (Å²) in [6, 6.07) is 14.0. The van der Waals surface area contributed by atoms with Crippen LogP contribution >= 0.6 is 0 Å². The van der Waals surface area contributed by atoms with E-state index in [9.17, 15) is 4.79 Å². The van der Waals surface area contributed by atoms with E-state index < -0.39 is 0 Å². The summed E-state index contributed by atoms with van der Waals surface area (Å²) in [5.41, 5.74) is 1.33. The lowest BCUT2D eigenvalue weighted by Gasteiger charge is -2.24. The second kappa shape index (κ2) is 5.95. The summed E-state index contributed by atoms with van der Waals surface area (Å²) in [6.07, 6.45) is 4.93. The first kappa shape index (κ1) is 13.0. The Balaban J connectivity index is 1.77. The molecule has 3 rings (SSSR count). The maximum absolute atomic E-state index is 12.4. The van der Waals surface area contributed by atoms with Gasteiger partial charge < -0.3 is 9.32 Å². The summed E-state index contributed by atoms with van der Waals surface area (Å²) in [4.78, 5) is 14.4. The number of amides is 1. The summed E-state index contributed by atoms with van der Waals surface area (Å²) >= 11 is 0. The molecule has 0 N–H and O–H groups in total. The Morgan fingerprint density at radius 3 is 2.70 bits per heavy atom. The Hall–Kier alpha value is -2.03. The Labute approximate surface area is 119 Å². The van der Waals surface area contributed by atoms with Crippen molar-refractivity contribution in [1.29, 1.82) is 0 Å². The molecule has 104 valence electrons. The first-order chi connectivity index (χ1) is 9.84. The number of likely N-dealkylation sites (tertiary alicyclic amines) is 1. The minimum atomic E-state index is 0.0119. The van der Waals surface area contributed by atoms with E-state index in [1.54, 1.807) is 18.4 Å². The summed E-state index contributed by atoms with van der Waals surface area (Å²) < 4.78 is 5.24. The van der Waals surface area contributed by atoms with Gasteiger partial charge in [0.25, 0.3) is 5.91 Å². The van der Waals surface area contributed by atoms with Crippen LogP contribution in [-0.4, -0.2) is 23.9 Å². The Morgan fingerprint density at radius 1 is 1.10 bits per heavy atom. The molecule has 0 spiro atoms. The number of rotatable bonds is 2. The van der Waals surface area contributed by atoms with Gasteiger partial charge in [-0.05, 0) is 30.5 Å². The van der Waals surface area contributed by atoms with Crippen molar-refractivity contribution in [2.24, 2.45) is 0 Å². The van der Waals surface area contributed by atoms with E-state index in [1.165, 1.54) is 12.0 Å². The molecular formula is C17H19NO2. The minimum absolute atomic E-state index is 0.0119. The number of benzene rings is 1. The van der Waals surface area contributed by atoms with Gasteiger partial charge in [0.1, 0.15) is 0 Å². The first-order valence-electron chi connectivity index (χ1n) is 7.22. The molecule has 1 aromatic heterocycles. The summed E-state index contributed by atoms with van der Waals surface area (Å²) in [6.45, 7) is 1.60. The van der Waals surface area contributed by atoms with Gasteiger partial charge in [-0.1, -0.05) is 36.8 Å². The van der Waals surface area contributed by atoms with Crippen LogP contribution in [0.5, 0.6) is 0 Å². The van der Waals surface area contributed by atoms with E-state index >= 15 is 0 Å². The van der Waals surface area contributed by atoms with Crippen LogP contribution < -0.4 is 0 Å². The maximum Gasteiger partial charge on any atom is 0.289 e. The van der Waals surface area contributed by atoms with Crippen LogP contribution in [0.15, 0.2) is 53.1 Å². The van der Waals surface area contributed by atoms with Crippen molar-refractivity contribution >= 4 is 5.91 Å². The maximum atomic E-state index is 12.4. The second-order valence-corrected chi connectivity index (χ2v) is 5.33. The first-order valence-corrected chi connectivity index (χ1v) is 7.22. The Kier molecular flexibility index (Phi) is 3.86. The number of hydrogen-bond acceptors (Lipinski definition) is 2. The lowest BCUT2D eigenvalue weighted by atomic mass is 9.94. The molecule has 1 aromatic carbocycles. The summed E-state index contributed by atoms with van der Waals surface area (Å²) in [5, 5.41) is 0. The second-order valence-electron chi connectivity index (χ2n) is 5.33. The van der Waals surface area contributed by atoms with E-state index in [4.69, 9.17) is 4.42 Å². The predicted octanol–water partition coefficient (Wildman–Crippen LogP) is 3.69. The largest absolute Gasteiger partial charge is 0.459 e. The van der Waals surface area contributed by atoms with Crippen LogP contribution in [0.1, 0.15) is 41.3 Å². The van der Waals surface area contributed by atoms with E-state index in [0.29, 0.717) is 11.7 Å². The molecule has 1 aliphatic rings. The van der Waals surface area contributed by atoms with E-state index in [-0.39, 0.29) is 5.91 Å². The normalized spacial score (nSPS) is 19.6. The third-order valence-corrected chi connectivity index (χ3v) is 3.96. The van der Waals surface area contributed by atoms with Crippen LogP contribution in [0.3, 0.4) is 0 Å². The summed E-state index contributed by atoms with van der Waals surface area (Å²) in [7, 11) is 0. The predicted molar refractivity (Wildman–Crippen MR) is 77.6 cm³/mol. The van der Waals surface area contributed by atoms with Gasteiger partial charge in [-0.15, -0.1) is 0 Å². The highest BCUT2D eigenvalue weighted by molar-refractivity contribution is 5.91. The highest BCUT2D eigenvalue weighted by atomic mass is 16.3. The lowest BCUT2D eigenvalue weighted by Crippen LogP contribution is -2.33. The zero-order chi connectivity index (χ0) is 13.8. The molecule has 0 radical (unpaired) electrons. The molecule has 0 saturated carbocycles. The number of hydrogen-bond donors (Lipinski definition) is 0. The number of carbonyl (C=O) groups excluding carboxylic acids is 1. The van der Waals surface area contributed by atoms with Crippen molar-refractivity contribution in [3.63, 3.8) is 0 Å². The molecule has 2 aromatic rings. The van der Waals surface area contributed by atoms with Crippen LogP contribution in [0.2, 0.25) is 0 Å². The molecule has 1 aliphatic heterocycles. The van der Waals surface area contributed by atoms with Gasteiger partial charge in [0.15, 0.2) is 5.76 Å². The number of furan rings is 1. The Morgan fingerprint density at radius 2 is 1.95 bits per heavy atom. The molecular weight excluding hydrogens is 250 g/mol. The minimum Gasteiger partial charge on any atom is -0.459 e. The SMILES string of the molecule is O=C(c1ccco1)N1CCCCC(c2ccccc2)C1. The molecule has 3 heteroatoms. The zero-order valence-electron chi connectivity index (χ0n) is 11.5. The van der Waals surface area contributed by atoms with Gasteiger partial charge in [0.2, 0.25) is 0 Å². The summed E-state index contributed by atoms with van der Waals surface area (Å²) in [5.74, 6) is 0.883. The topological polar surface area (TPSA) is 33.5 Å². The molecule has 1 saturated heterocycles. The molecule has 1 atom stereocenters. The average molecular weight is 269 g/mol. The third kappa shape index (κ3) is 2.77. The van der Waals surface area contributed by atoms with Crippen LogP contribution in [0.25, 0.3) is 0 Å². The lowest BCUT2D eigenvalue weighted by molar-refractivity contribution is 0.0722. The fourth-order valence-corrected chi connectivity index (χ4v) is 2.88.